The molecule has 0 bridgehead atoms. The van der Waals surface area contributed by atoms with E-state index in [0.29, 0.717) is 23.6 Å². The zero-order chi connectivity index (χ0) is 14.0. The Hall–Kier alpha value is -2.13. The third-order valence-electron chi connectivity index (χ3n) is 3.18. The first-order valence-electron chi connectivity index (χ1n) is 5.98. The normalized spacial score (nSPS) is 21.9. The molecule has 6 nitrogen and oxygen atoms in total. The van der Waals surface area contributed by atoms with Crippen molar-refractivity contribution in [1.29, 1.82) is 5.26 Å². The number of pyridine rings is 1. The van der Waals surface area contributed by atoms with Gasteiger partial charge in [-0.3, -0.25) is 9.78 Å². The molecule has 2 unspecified atom stereocenters. The molecule has 1 aliphatic rings. The Morgan fingerprint density at radius 3 is 2.95 bits per heavy atom. The Bertz CT molecular complexity index is 551. The molecule has 0 aromatic carbocycles. The van der Waals surface area contributed by atoms with E-state index in [1.54, 1.807) is 13.0 Å². The van der Waals surface area contributed by atoms with Gasteiger partial charge in [-0.05, 0) is 19.9 Å². The van der Waals surface area contributed by atoms with Gasteiger partial charge in [0, 0.05) is 5.69 Å². The maximum Gasteiger partial charge on any atom is 0.311 e. The topological polar surface area (TPSA) is 95.2 Å². The van der Waals surface area contributed by atoms with Crippen LogP contribution >= 0.6 is 0 Å². The number of aliphatic carboxylic acids is 1. The average Bonchev–Trinajstić information content (AvgIpc) is 2.76. The van der Waals surface area contributed by atoms with Gasteiger partial charge in [0.1, 0.15) is 12.0 Å². The standard InChI is InChI=1S/C13H15N3O3/c1-7-3-11(9(4-14)8(2)15-7)16-12-6-19-5-10(12)13(17)18/h3,10,12H,5-6H2,1-2H3,(H,15,16)(H,17,18). The van der Waals surface area contributed by atoms with E-state index >= 15 is 0 Å². The number of hydrogen-bond donors (Lipinski definition) is 2. The Balaban J connectivity index is 2.29. The summed E-state index contributed by atoms with van der Waals surface area (Å²) in [5, 5.41) is 21.4. The summed E-state index contributed by atoms with van der Waals surface area (Å²) in [5.41, 5.74) is 2.48. The number of nitrogens with one attached hydrogen (secondary N) is 1. The predicted molar refractivity (Wildman–Crippen MR) is 67.8 cm³/mol. The van der Waals surface area contributed by atoms with Gasteiger partial charge in [0.05, 0.1) is 36.2 Å². The van der Waals surface area contributed by atoms with E-state index in [-0.39, 0.29) is 12.6 Å². The lowest BCUT2D eigenvalue weighted by molar-refractivity contribution is -0.141. The lowest BCUT2D eigenvalue weighted by Crippen LogP contribution is -2.33. The maximum atomic E-state index is 11.1. The molecule has 1 aromatic heterocycles. The third-order valence-corrected chi connectivity index (χ3v) is 3.18. The fourth-order valence-electron chi connectivity index (χ4n) is 2.22. The maximum absolute atomic E-state index is 11.1. The van der Waals surface area contributed by atoms with Gasteiger partial charge in [-0.1, -0.05) is 0 Å². The van der Waals surface area contributed by atoms with E-state index in [2.05, 4.69) is 16.4 Å². The Morgan fingerprint density at radius 1 is 1.58 bits per heavy atom. The Labute approximate surface area is 111 Å². The molecule has 2 atom stereocenters. The van der Waals surface area contributed by atoms with Crippen molar-refractivity contribution >= 4 is 11.7 Å². The molecule has 2 heterocycles. The molecule has 1 saturated heterocycles. The van der Waals surface area contributed by atoms with Crippen molar-refractivity contribution in [1.82, 2.24) is 4.98 Å². The molecule has 2 rings (SSSR count). The minimum Gasteiger partial charge on any atom is -0.481 e. The van der Waals surface area contributed by atoms with Crippen molar-refractivity contribution in [2.24, 2.45) is 5.92 Å². The summed E-state index contributed by atoms with van der Waals surface area (Å²) in [4.78, 5) is 15.3. The molecule has 2 N–H and O–H groups in total. The molecule has 0 radical (unpaired) electrons. The summed E-state index contributed by atoms with van der Waals surface area (Å²) < 4.78 is 5.20. The van der Waals surface area contributed by atoms with Crippen LogP contribution in [0.3, 0.4) is 0 Å². The second-order valence-electron chi connectivity index (χ2n) is 4.62. The summed E-state index contributed by atoms with van der Waals surface area (Å²) in [7, 11) is 0. The second-order valence-corrected chi connectivity index (χ2v) is 4.62. The molecule has 19 heavy (non-hydrogen) atoms. The van der Waals surface area contributed by atoms with Crippen molar-refractivity contribution in [3.8, 4) is 6.07 Å². The van der Waals surface area contributed by atoms with Crippen LogP contribution in [0.4, 0.5) is 5.69 Å². The van der Waals surface area contributed by atoms with Crippen LogP contribution in [0.2, 0.25) is 0 Å². The largest absolute Gasteiger partial charge is 0.481 e. The number of rotatable bonds is 3. The molecule has 0 spiro atoms. The van der Waals surface area contributed by atoms with Gasteiger partial charge in [0.25, 0.3) is 0 Å². The highest BCUT2D eigenvalue weighted by Gasteiger charge is 2.34. The third kappa shape index (κ3) is 2.66. The van der Waals surface area contributed by atoms with Crippen molar-refractivity contribution in [2.75, 3.05) is 18.5 Å². The van der Waals surface area contributed by atoms with Crippen LogP contribution in [0.1, 0.15) is 17.0 Å². The van der Waals surface area contributed by atoms with Crippen molar-refractivity contribution < 1.29 is 14.6 Å². The van der Waals surface area contributed by atoms with E-state index in [4.69, 9.17) is 15.1 Å². The monoisotopic (exact) mass is 261 g/mol. The Kier molecular flexibility index (Phi) is 3.67. The number of carboxylic acids is 1. The molecular formula is C13H15N3O3. The quantitative estimate of drug-likeness (QED) is 0.845. The van der Waals surface area contributed by atoms with Gasteiger partial charge in [-0.15, -0.1) is 0 Å². The van der Waals surface area contributed by atoms with Gasteiger partial charge in [0.15, 0.2) is 0 Å². The first kappa shape index (κ1) is 13.3. The fraction of sp³-hybridized carbons (Fsp3) is 0.462. The first-order valence-corrected chi connectivity index (χ1v) is 5.98. The van der Waals surface area contributed by atoms with Crippen LogP contribution in [-0.2, 0) is 9.53 Å². The number of aromatic nitrogens is 1. The number of aryl methyl sites for hydroxylation is 2. The number of hydrogen-bond acceptors (Lipinski definition) is 5. The summed E-state index contributed by atoms with van der Waals surface area (Å²) in [6, 6.07) is 3.52. The molecular weight excluding hydrogens is 246 g/mol. The lowest BCUT2D eigenvalue weighted by Gasteiger charge is -2.18. The minimum absolute atomic E-state index is 0.192. The van der Waals surface area contributed by atoms with Crippen molar-refractivity contribution in [2.45, 2.75) is 19.9 Å². The number of carboxylic acid groups (broad SMARTS) is 1. The van der Waals surface area contributed by atoms with Crippen LogP contribution < -0.4 is 5.32 Å². The number of carbonyl (C=O) groups is 1. The molecule has 1 aromatic rings. The lowest BCUT2D eigenvalue weighted by atomic mass is 10.0. The minimum atomic E-state index is -0.893. The van der Waals surface area contributed by atoms with E-state index < -0.39 is 11.9 Å². The van der Waals surface area contributed by atoms with Crippen LogP contribution in [0.5, 0.6) is 0 Å². The fourth-order valence-corrected chi connectivity index (χ4v) is 2.22. The van der Waals surface area contributed by atoms with Crippen LogP contribution in [0.25, 0.3) is 0 Å². The summed E-state index contributed by atoms with van der Waals surface area (Å²) in [6.45, 7) is 4.11. The highest BCUT2D eigenvalue weighted by atomic mass is 16.5. The summed E-state index contributed by atoms with van der Waals surface area (Å²) >= 11 is 0. The SMILES string of the molecule is Cc1cc(NC2COCC2C(=O)O)c(C#N)c(C)n1. The Morgan fingerprint density at radius 2 is 2.32 bits per heavy atom. The first-order chi connectivity index (χ1) is 9.02. The van der Waals surface area contributed by atoms with Gasteiger partial charge in [-0.2, -0.15) is 5.26 Å². The van der Waals surface area contributed by atoms with Crippen LogP contribution in [0.15, 0.2) is 6.07 Å². The van der Waals surface area contributed by atoms with Gasteiger partial charge in [-0.25, -0.2) is 0 Å². The van der Waals surface area contributed by atoms with E-state index in [1.807, 2.05) is 6.92 Å². The molecule has 0 amide bonds. The van der Waals surface area contributed by atoms with Crippen LogP contribution in [0, 0.1) is 31.1 Å². The van der Waals surface area contributed by atoms with Gasteiger partial charge >= 0.3 is 5.97 Å². The summed E-state index contributed by atoms with van der Waals surface area (Å²) in [5.74, 6) is -1.49. The van der Waals surface area contributed by atoms with Crippen molar-refractivity contribution in [3.05, 3.63) is 23.0 Å². The van der Waals surface area contributed by atoms with E-state index in [9.17, 15) is 4.79 Å². The van der Waals surface area contributed by atoms with Crippen molar-refractivity contribution in [3.63, 3.8) is 0 Å². The highest BCUT2D eigenvalue weighted by molar-refractivity contribution is 5.73. The van der Waals surface area contributed by atoms with E-state index in [1.165, 1.54) is 0 Å². The zero-order valence-corrected chi connectivity index (χ0v) is 10.8. The predicted octanol–water partition coefficient (Wildman–Crippen LogP) is 1.08. The summed E-state index contributed by atoms with van der Waals surface area (Å²) in [6.07, 6.45) is 0. The molecule has 6 heteroatoms. The van der Waals surface area contributed by atoms with E-state index in [0.717, 1.165) is 5.69 Å². The number of ether oxygens (including phenoxy) is 1. The zero-order valence-electron chi connectivity index (χ0n) is 10.8. The molecule has 0 aliphatic carbocycles. The number of nitriles is 1. The average molecular weight is 261 g/mol. The number of anilines is 1. The molecule has 1 aliphatic heterocycles. The number of nitrogens with zero attached hydrogens (tertiary/aromatic N) is 2. The second kappa shape index (κ2) is 5.24. The smallest absolute Gasteiger partial charge is 0.311 e. The molecule has 1 fully saturated rings. The van der Waals surface area contributed by atoms with Gasteiger partial charge in [0.2, 0.25) is 0 Å². The highest BCUT2D eigenvalue weighted by Crippen LogP contribution is 2.24. The molecule has 0 saturated carbocycles. The molecule has 100 valence electrons. The van der Waals surface area contributed by atoms with Crippen LogP contribution in [-0.4, -0.2) is 35.3 Å². The van der Waals surface area contributed by atoms with Gasteiger partial charge < -0.3 is 15.2 Å².